The van der Waals surface area contributed by atoms with Crippen molar-refractivity contribution >= 4 is 54.5 Å². The summed E-state index contributed by atoms with van der Waals surface area (Å²) < 4.78 is 1.03. The van der Waals surface area contributed by atoms with Crippen LogP contribution in [0.1, 0.15) is 10.5 Å². The standard InChI is InChI=1S/C14H8Br2N4O/c15-11-7-17-13(12(16)19-11)20-14(21)10-6-5-8-3-1-2-4-9(8)18-10/h1-7H,(H,17,20,21). The molecule has 3 aromatic rings. The van der Waals surface area contributed by atoms with Crippen molar-refractivity contribution in [1.82, 2.24) is 15.0 Å². The lowest BCUT2D eigenvalue weighted by molar-refractivity contribution is 0.102. The molecule has 1 amide bonds. The first-order chi connectivity index (χ1) is 10.1. The van der Waals surface area contributed by atoms with Crippen molar-refractivity contribution in [3.05, 3.63) is 57.5 Å². The van der Waals surface area contributed by atoms with E-state index >= 15 is 0 Å². The van der Waals surface area contributed by atoms with Crippen molar-refractivity contribution in [2.75, 3.05) is 5.32 Å². The molecule has 0 unspecified atom stereocenters. The number of fused-ring (bicyclic) bond motifs is 1. The zero-order valence-corrected chi connectivity index (χ0v) is 13.7. The van der Waals surface area contributed by atoms with Gasteiger partial charge in [0.25, 0.3) is 5.91 Å². The minimum atomic E-state index is -0.335. The highest BCUT2D eigenvalue weighted by Gasteiger charge is 2.12. The van der Waals surface area contributed by atoms with Gasteiger partial charge in [-0.2, -0.15) is 0 Å². The molecule has 1 aromatic carbocycles. The number of anilines is 1. The molecule has 0 fully saturated rings. The van der Waals surface area contributed by atoms with E-state index < -0.39 is 0 Å². The third-order valence-corrected chi connectivity index (χ3v) is 3.70. The van der Waals surface area contributed by atoms with E-state index in [0.717, 1.165) is 10.9 Å². The third-order valence-electron chi connectivity index (χ3n) is 2.76. The number of halogens is 2. The van der Waals surface area contributed by atoms with Crippen LogP contribution < -0.4 is 5.32 Å². The van der Waals surface area contributed by atoms with Gasteiger partial charge in [-0.05, 0) is 44.0 Å². The summed E-state index contributed by atoms with van der Waals surface area (Å²) in [5.41, 5.74) is 1.09. The van der Waals surface area contributed by atoms with E-state index in [1.165, 1.54) is 6.20 Å². The molecule has 0 saturated carbocycles. The van der Waals surface area contributed by atoms with Gasteiger partial charge >= 0.3 is 0 Å². The average Bonchev–Trinajstić information content (AvgIpc) is 2.49. The summed E-state index contributed by atoms with van der Waals surface area (Å²) in [6.45, 7) is 0. The van der Waals surface area contributed by atoms with Crippen LogP contribution in [0.4, 0.5) is 5.82 Å². The van der Waals surface area contributed by atoms with Crippen LogP contribution in [-0.2, 0) is 0 Å². The molecule has 1 N–H and O–H groups in total. The zero-order valence-electron chi connectivity index (χ0n) is 10.5. The SMILES string of the molecule is O=C(Nc1ncc(Br)nc1Br)c1ccc2ccccc2n1. The fourth-order valence-electron chi connectivity index (χ4n) is 1.79. The molecule has 7 heteroatoms. The summed E-state index contributed by atoms with van der Waals surface area (Å²) in [6.07, 6.45) is 1.51. The highest BCUT2D eigenvalue weighted by Crippen LogP contribution is 2.20. The van der Waals surface area contributed by atoms with Crippen molar-refractivity contribution in [2.45, 2.75) is 0 Å². The van der Waals surface area contributed by atoms with Gasteiger partial charge in [0.2, 0.25) is 0 Å². The Morgan fingerprint density at radius 3 is 2.67 bits per heavy atom. The fourth-order valence-corrected chi connectivity index (χ4v) is 2.70. The molecule has 21 heavy (non-hydrogen) atoms. The van der Waals surface area contributed by atoms with Gasteiger partial charge < -0.3 is 5.32 Å². The van der Waals surface area contributed by atoms with Gasteiger partial charge in [-0.1, -0.05) is 24.3 Å². The van der Waals surface area contributed by atoms with Crippen molar-refractivity contribution < 1.29 is 4.79 Å². The van der Waals surface area contributed by atoms with Crippen LogP contribution in [0, 0.1) is 0 Å². The number of nitrogens with one attached hydrogen (secondary N) is 1. The first-order valence-electron chi connectivity index (χ1n) is 5.99. The van der Waals surface area contributed by atoms with E-state index in [4.69, 9.17) is 0 Å². The monoisotopic (exact) mass is 406 g/mol. The van der Waals surface area contributed by atoms with Gasteiger partial charge in [0.15, 0.2) is 5.82 Å². The average molecular weight is 408 g/mol. The molecule has 104 valence electrons. The van der Waals surface area contributed by atoms with Gasteiger partial charge in [-0.3, -0.25) is 4.79 Å². The molecule has 3 rings (SSSR count). The Bertz CT molecular complexity index is 838. The van der Waals surface area contributed by atoms with Crippen molar-refractivity contribution in [3.63, 3.8) is 0 Å². The van der Waals surface area contributed by atoms with E-state index in [2.05, 4.69) is 52.1 Å². The zero-order chi connectivity index (χ0) is 14.8. The second kappa shape index (κ2) is 5.87. The maximum absolute atomic E-state index is 12.2. The second-order valence-electron chi connectivity index (χ2n) is 4.18. The summed E-state index contributed by atoms with van der Waals surface area (Å²) in [6, 6.07) is 11.2. The van der Waals surface area contributed by atoms with Crippen LogP contribution in [0.25, 0.3) is 10.9 Å². The maximum Gasteiger partial charge on any atom is 0.275 e. The number of hydrogen-bond acceptors (Lipinski definition) is 4. The smallest absolute Gasteiger partial charge is 0.275 e. The Kier molecular flexibility index (Phi) is 3.94. The summed E-state index contributed by atoms with van der Waals surface area (Å²) in [4.78, 5) is 24.8. The summed E-state index contributed by atoms with van der Waals surface area (Å²) in [7, 11) is 0. The molecule has 0 bridgehead atoms. The maximum atomic E-state index is 12.2. The van der Waals surface area contributed by atoms with Gasteiger partial charge in [0, 0.05) is 5.39 Å². The van der Waals surface area contributed by atoms with Gasteiger partial charge in [0.1, 0.15) is 14.9 Å². The number of aromatic nitrogens is 3. The summed E-state index contributed by atoms with van der Waals surface area (Å²) in [5.74, 6) is 0.0104. The van der Waals surface area contributed by atoms with Crippen molar-refractivity contribution in [3.8, 4) is 0 Å². The van der Waals surface area contributed by atoms with E-state index in [1.807, 2.05) is 30.3 Å². The lowest BCUT2D eigenvalue weighted by Crippen LogP contribution is -2.15. The van der Waals surface area contributed by atoms with E-state index in [-0.39, 0.29) is 5.91 Å². The number of carbonyl (C=O) groups is 1. The van der Waals surface area contributed by atoms with Gasteiger partial charge in [-0.15, -0.1) is 0 Å². The molecule has 2 heterocycles. The minimum absolute atomic E-state index is 0.324. The van der Waals surface area contributed by atoms with Crippen molar-refractivity contribution in [1.29, 1.82) is 0 Å². The number of benzene rings is 1. The van der Waals surface area contributed by atoms with E-state index in [9.17, 15) is 4.79 Å². The Morgan fingerprint density at radius 1 is 1.05 bits per heavy atom. The predicted molar refractivity (Wildman–Crippen MR) is 87.1 cm³/mol. The molecule has 0 aliphatic rings. The van der Waals surface area contributed by atoms with E-state index in [0.29, 0.717) is 20.7 Å². The number of amides is 1. The van der Waals surface area contributed by atoms with Crippen LogP contribution in [0.15, 0.2) is 51.8 Å². The Balaban J connectivity index is 1.89. The van der Waals surface area contributed by atoms with Crippen LogP contribution in [0.3, 0.4) is 0 Å². The number of carbonyl (C=O) groups excluding carboxylic acids is 1. The van der Waals surface area contributed by atoms with Crippen LogP contribution in [0.5, 0.6) is 0 Å². The number of nitrogens with zero attached hydrogens (tertiary/aromatic N) is 3. The normalized spacial score (nSPS) is 10.6. The first kappa shape index (κ1) is 14.1. The Morgan fingerprint density at radius 2 is 1.86 bits per heavy atom. The molecule has 0 radical (unpaired) electrons. The Hall–Kier alpha value is -1.86. The summed E-state index contributed by atoms with van der Waals surface area (Å²) >= 11 is 6.46. The van der Waals surface area contributed by atoms with Crippen LogP contribution in [-0.4, -0.2) is 20.9 Å². The molecule has 2 aromatic heterocycles. The second-order valence-corrected chi connectivity index (χ2v) is 5.74. The number of hydrogen-bond donors (Lipinski definition) is 1. The van der Waals surface area contributed by atoms with Gasteiger partial charge in [0.05, 0.1) is 11.7 Å². The molecule has 0 spiro atoms. The number of para-hydroxylation sites is 1. The lowest BCUT2D eigenvalue weighted by Gasteiger charge is -2.06. The molecule has 0 aliphatic heterocycles. The lowest BCUT2D eigenvalue weighted by atomic mass is 10.2. The van der Waals surface area contributed by atoms with Crippen LogP contribution >= 0.6 is 31.9 Å². The largest absolute Gasteiger partial charge is 0.303 e. The molecule has 0 atom stereocenters. The van der Waals surface area contributed by atoms with Gasteiger partial charge in [-0.25, -0.2) is 15.0 Å². The van der Waals surface area contributed by atoms with Crippen molar-refractivity contribution in [2.24, 2.45) is 0 Å². The van der Waals surface area contributed by atoms with E-state index in [1.54, 1.807) is 6.07 Å². The molecule has 0 saturated heterocycles. The molecule has 0 aliphatic carbocycles. The fraction of sp³-hybridized carbons (Fsp3) is 0. The topological polar surface area (TPSA) is 67.8 Å². The third kappa shape index (κ3) is 3.08. The quantitative estimate of drug-likeness (QED) is 0.701. The molecular weight excluding hydrogens is 400 g/mol. The predicted octanol–water partition coefficient (Wildman–Crippen LogP) is 3.80. The minimum Gasteiger partial charge on any atom is -0.303 e. The highest BCUT2D eigenvalue weighted by molar-refractivity contribution is 9.11. The molecule has 5 nitrogen and oxygen atoms in total. The van der Waals surface area contributed by atoms with Crippen LogP contribution in [0.2, 0.25) is 0 Å². The highest BCUT2D eigenvalue weighted by atomic mass is 79.9. The summed E-state index contributed by atoms with van der Waals surface area (Å²) in [5, 5.41) is 3.66. The number of rotatable bonds is 2. The first-order valence-corrected chi connectivity index (χ1v) is 7.57. The molecular formula is C14H8Br2N4O. The number of pyridine rings is 1. The Labute approximate surface area is 137 Å².